The number of hydrogen-bond acceptors (Lipinski definition) is 2. The lowest BCUT2D eigenvalue weighted by Gasteiger charge is -2.20. The fraction of sp³-hybridized carbons (Fsp3) is 0.353. The van der Waals surface area contributed by atoms with Gasteiger partial charge in [0.25, 0.3) is 0 Å². The van der Waals surface area contributed by atoms with Crippen LogP contribution in [-0.2, 0) is 6.42 Å². The molecule has 1 aromatic carbocycles. The number of pyridine rings is 1. The first kappa shape index (κ1) is 16.3. The van der Waals surface area contributed by atoms with Gasteiger partial charge in [-0.25, -0.2) is 0 Å². The topological polar surface area (TPSA) is 24.9 Å². The Bertz CT molecular complexity index is 579. The van der Waals surface area contributed by atoms with Crippen molar-refractivity contribution < 1.29 is 0 Å². The van der Waals surface area contributed by atoms with Gasteiger partial charge < -0.3 is 5.32 Å². The van der Waals surface area contributed by atoms with E-state index in [-0.39, 0.29) is 6.04 Å². The van der Waals surface area contributed by atoms with Gasteiger partial charge in [-0.2, -0.15) is 0 Å². The van der Waals surface area contributed by atoms with Gasteiger partial charge in [0.1, 0.15) is 0 Å². The second kappa shape index (κ2) is 7.79. The number of aromatic nitrogens is 1. The van der Waals surface area contributed by atoms with Crippen molar-refractivity contribution in [1.82, 2.24) is 10.3 Å². The number of benzene rings is 1. The van der Waals surface area contributed by atoms with Crippen LogP contribution in [0.4, 0.5) is 0 Å². The number of aryl methyl sites for hydroxylation is 1. The molecule has 2 rings (SSSR count). The molecule has 2 nitrogen and oxygen atoms in total. The van der Waals surface area contributed by atoms with E-state index in [1.54, 1.807) is 0 Å². The molecule has 0 aliphatic heterocycles. The molecule has 0 fully saturated rings. The molecule has 1 unspecified atom stereocenters. The molecule has 2 aromatic rings. The molecule has 1 atom stereocenters. The fourth-order valence-electron chi connectivity index (χ4n) is 2.29. The highest BCUT2D eigenvalue weighted by Crippen LogP contribution is 2.29. The quantitative estimate of drug-likeness (QED) is 0.811. The molecule has 0 radical (unpaired) electrons. The van der Waals surface area contributed by atoms with Gasteiger partial charge in [0.15, 0.2) is 0 Å². The molecule has 21 heavy (non-hydrogen) atoms. The van der Waals surface area contributed by atoms with Crippen molar-refractivity contribution in [2.75, 3.05) is 6.54 Å². The third kappa shape index (κ3) is 4.44. The van der Waals surface area contributed by atoms with E-state index in [1.807, 2.05) is 43.3 Å². The Labute approximate surface area is 136 Å². The van der Waals surface area contributed by atoms with Gasteiger partial charge in [0, 0.05) is 15.7 Å². The van der Waals surface area contributed by atoms with E-state index in [1.165, 1.54) is 0 Å². The summed E-state index contributed by atoms with van der Waals surface area (Å²) in [6.07, 6.45) is 1.80. The smallest absolute Gasteiger partial charge is 0.0579 e. The number of nitrogens with one attached hydrogen (secondary N) is 1. The first-order valence-corrected chi connectivity index (χ1v) is 7.97. The molecule has 1 N–H and O–H groups in total. The van der Waals surface area contributed by atoms with Gasteiger partial charge in [0.05, 0.1) is 11.7 Å². The van der Waals surface area contributed by atoms with Crippen LogP contribution in [0.5, 0.6) is 0 Å². The molecule has 0 bridgehead atoms. The molecule has 0 saturated carbocycles. The van der Waals surface area contributed by atoms with Crippen LogP contribution in [0.3, 0.4) is 0 Å². The van der Waals surface area contributed by atoms with Crippen LogP contribution in [0.15, 0.2) is 36.4 Å². The molecule has 0 aliphatic carbocycles. The molecule has 1 heterocycles. The van der Waals surface area contributed by atoms with Crippen LogP contribution >= 0.6 is 23.2 Å². The monoisotopic (exact) mass is 322 g/mol. The number of rotatable bonds is 6. The van der Waals surface area contributed by atoms with E-state index in [0.717, 1.165) is 36.3 Å². The summed E-state index contributed by atoms with van der Waals surface area (Å²) in [5.74, 6) is 0. The Kier molecular flexibility index (Phi) is 6.04. The minimum Gasteiger partial charge on any atom is -0.308 e. The summed E-state index contributed by atoms with van der Waals surface area (Å²) in [5.41, 5.74) is 3.01. The zero-order valence-electron chi connectivity index (χ0n) is 12.4. The van der Waals surface area contributed by atoms with Gasteiger partial charge >= 0.3 is 0 Å². The van der Waals surface area contributed by atoms with Crippen LogP contribution in [-0.4, -0.2) is 11.5 Å². The maximum atomic E-state index is 6.29. The van der Waals surface area contributed by atoms with E-state index >= 15 is 0 Å². The minimum absolute atomic E-state index is 0.113. The molecular weight excluding hydrogens is 303 g/mol. The zero-order valence-corrected chi connectivity index (χ0v) is 13.9. The van der Waals surface area contributed by atoms with Crippen molar-refractivity contribution in [3.63, 3.8) is 0 Å². The van der Waals surface area contributed by atoms with Gasteiger partial charge in [-0.1, -0.05) is 42.3 Å². The summed E-state index contributed by atoms with van der Waals surface area (Å²) in [5, 5.41) is 4.95. The Morgan fingerprint density at radius 3 is 2.38 bits per heavy atom. The van der Waals surface area contributed by atoms with Crippen molar-refractivity contribution in [2.45, 2.75) is 32.7 Å². The molecule has 0 saturated heterocycles. The van der Waals surface area contributed by atoms with Gasteiger partial charge in [-0.3, -0.25) is 4.98 Å². The number of hydrogen-bond donors (Lipinski definition) is 1. The summed E-state index contributed by atoms with van der Waals surface area (Å²) < 4.78 is 0. The van der Waals surface area contributed by atoms with Gasteiger partial charge in [-0.15, -0.1) is 0 Å². The van der Waals surface area contributed by atoms with Gasteiger partial charge in [-0.05, 0) is 56.1 Å². The predicted octanol–water partition coefficient (Wildman–Crippen LogP) is 4.98. The average Bonchev–Trinajstić information content (AvgIpc) is 2.46. The third-order valence-corrected chi connectivity index (χ3v) is 4.09. The third-order valence-electron chi connectivity index (χ3n) is 3.38. The maximum Gasteiger partial charge on any atom is 0.0579 e. The molecule has 4 heteroatoms. The van der Waals surface area contributed by atoms with Crippen LogP contribution in [0.2, 0.25) is 10.0 Å². The summed E-state index contributed by atoms with van der Waals surface area (Å²) >= 11 is 12.6. The number of halogens is 2. The normalized spacial score (nSPS) is 12.4. The molecule has 0 amide bonds. The standard InChI is InChI=1S/C17H20Cl2N2/c1-3-10-20-17(16-9-4-6-12(2)21-16)11-13-14(18)7-5-8-15(13)19/h4-9,17,20H,3,10-11H2,1-2H3. The van der Waals surface area contributed by atoms with Crippen LogP contribution in [0.1, 0.15) is 36.3 Å². The molecule has 0 aliphatic rings. The highest BCUT2D eigenvalue weighted by molar-refractivity contribution is 6.36. The lowest BCUT2D eigenvalue weighted by atomic mass is 10.0. The summed E-state index contributed by atoms with van der Waals surface area (Å²) in [6, 6.07) is 11.8. The van der Waals surface area contributed by atoms with E-state index in [2.05, 4.69) is 17.2 Å². The lowest BCUT2D eigenvalue weighted by molar-refractivity contribution is 0.517. The maximum absolute atomic E-state index is 6.29. The van der Waals surface area contributed by atoms with Crippen LogP contribution in [0, 0.1) is 6.92 Å². The van der Waals surface area contributed by atoms with E-state index in [9.17, 15) is 0 Å². The van der Waals surface area contributed by atoms with E-state index < -0.39 is 0 Å². The predicted molar refractivity (Wildman–Crippen MR) is 90.2 cm³/mol. The second-order valence-corrected chi connectivity index (χ2v) is 5.93. The Hall–Kier alpha value is -1.09. The molecular formula is C17H20Cl2N2. The van der Waals surface area contributed by atoms with Crippen molar-refractivity contribution >= 4 is 23.2 Å². The number of nitrogens with zero attached hydrogens (tertiary/aromatic N) is 1. The lowest BCUT2D eigenvalue weighted by Crippen LogP contribution is -2.25. The summed E-state index contributed by atoms with van der Waals surface area (Å²) in [4.78, 5) is 4.63. The van der Waals surface area contributed by atoms with Crippen molar-refractivity contribution in [3.8, 4) is 0 Å². The molecule has 112 valence electrons. The fourth-order valence-corrected chi connectivity index (χ4v) is 2.84. The SMILES string of the molecule is CCCNC(Cc1c(Cl)cccc1Cl)c1cccc(C)n1. The Morgan fingerprint density at radius 2 is 1.76 bits per heavy atom. The highest BCUT2D eigenvalue weighted by atomic mass is 35.5. The van der Waals surface area contributed by atoms with Crippen LogP contribution < -0.4 is 5.32 Å². The second-order valence-electron chi connectivity index (χ2n) is 5.11. The van der Waals surface area contributed by atoms with E-state index in [4.69, 9.17) is 23.2 Å². The van der Waals surface area contributed by atoms with E-state index in [0.29, 0.717) is 10.0 Å². The highest BCUT2D eigenvalue weighted by Gasteiger charge is 2.16. The molecule has 1 aromatic heterocycles. The average molecular weight is 323 g/mol. The van der Waals surface area contributed by atoms with Gasteiger partial charge in [0.2, 0.25) is 0 Å². The Morgan fingerprint density at radius 1 is 1.10 bits per heavy atom. The van der Waals surface area contributed by atoms with Crippen molar-refractivity contribution in [1.29, 1.82) is 0 Å². The Balaban J connectivity index is 2.28. The first-order chi connectivity index (χ1) is 10.1. The largest absolute Gasteiger partial charge is 0.308 e. The van der Waals surface area contributed by atoms with Crippen LogP contribution in [0.25, 0.3) is 0 Å². The van der Waals surface area contributed by atoms with Crippen molar-refractivity contribution in [3.05, 3.63) is 63.4 Å². The first-order valence-electron chi connectivity index (χ1n) is 7.21. The molecule has 0 spiro atoms. The summed E-state index contributed by atoms with van der Waals surface area (Å²) in [6.45, 7) is 5.08. The zero-order chi connectivity index (χ0) is 15.2. The minimum atomic E-state index is 0.113. The van der Waals surface area contributed by atoms with Crippen molar-refractivity contribution in [2.24, 2.45) is 0 Å². The summed E-state index contributed by atoms with van der Waals surface area (Å²) in [7, 11) is 0.